The summed E-state index contributed by atoms with van der Waals surface area (Å²) in [5.74, 6) is 0. The van der Waals surface area contributed by atoms with E-state index in [4.69, 9.17) is 57.8 Å². The molecule has 0 spiro atoms. The molecule has 0 aromatic heterocycles. The van der Waals surface area contributed by atoms with Gasteiger partial charge in [0.1, 0.15) is 134 Å². The maximum Gasteiger partial charge on any atom is 0.187 e. The fraction of sp³-hybridized carbons (Fsp3) is 1.00. The van der Waals surface area contributed by atoms with Gasteiger partial charge in [0.2, 0.25) is 0 Å². The predicted octanol–water partition coefficient (Wildman–Crippen LogP) is -11.0. The first-order valence-electron chi connectivity index (χ1n) is 22.6. The number of rotatable bonds is 15. The van der Waals surface area contributed by atoms with Crippen LogP contribution in [0.25, 0.3) is 0 Å². The molecule has 0 bridgehead atoms. The van der Waals surface area contributed by atoms with Crippen LogP contribution in [0.4, 0.5) is 0 Å². The van der Waals surface area contributed by atoms with Gasteiger partial charge in [-0.25, -0.2) is 0 Å². The second-order valence-corrected chi connectivity index (χ2v) is 19.2. The molecule has 29 heteroatoms. The number of hydrogen-bond donors (Lipinski definition) is 18. The van der Waals surface area contributed by atoms with E-state index in [0.29, 0.717) is 0 Å². The Bertz CT molecular complexity index is 1590. The van der Waals surface area contributed by atoms with E-state index in [-0.39, 0.29) is 0 Å². The van der Waals surface area contributed by atoms with Crippen molar-refractivity contribution in [1.82, 2.24) is 0 Å². The first kappa shape index (κ1) is 57.1. The van der Waals surface area contributed by atoms with Crippen LogP contribution in [-0.4, -0.2) is 304 Å². The van der Waals surface area contributed by atoms with E-state index in [2.05, 4.69) is 0 Å². The molecule has 0 radical (unpaired) electrons. The lowest BCUT2D eigenvalue weighted by molar-refractivity contribution is -0.391. The van der Waals surface area contributed by atoms with Crippen LogP contribution in [0, 0.1) is 5.41 Å². The first-order valence-corrected chi connectivity index (χ1v) is 22.6. The molecule has 0 aromatic carbocycles. The fourth-order valence-corrected chi connectivity index (χ4v) is 9.22. The summed E-state index contributed by atoms with van der Waals surface area (Å²) in [5.41, 5.74) is 5.80. The van der Waals surface area contributed by atoms with Crippen molar-refractivity contribution in [3.8, 4) is 0 Å². The van der Waals surface area contributed by atoms with Gasteiger partial charge >= 0.3 is 0 Å². The summed E-state index contributed by atoms with van der Waals surface area (Å²) in [4.78, 5) is 0. The summed E-state index contributed by atoms with van der Waals surface area (Å²) in [6.07, 6.45) is -50.6. The summed E-state index contributed by atoms with van der Waals surface area (Å²) >= 11 is 0. The van der Waals surface area contributed by atoms with Gasteiger partial charge in [-0.15, -0.1) is 0 Å². The van der Waals surface area contributed by atoms with Crippen LogP contribution in [0.15, 0.2) is 0 Å². The van der Waals surface area contributed by atoms with Gasteiger partial charge in [0, 0.05) is 0 Å². The molecule has 6 aliphatic heterocycles. The molecule has 19 N–H and O–H groups in total. The Kier molecular flexibility index (Phi) is 19.5. The zero-order chi connectivity index (χ0) is 51.1. The molecule has 13 unspecified atom stereocenters. The van der Waals surface area contributed by atoms with Gasteiger partial charge in [-0.1, -0.05) is 20.8 Å². The van der Waals surface area contributed by atoms with E-state index in [1.165, 1.54) is 6.92 Å². The standard InChI is InChI=1S/C40H71NO28/c1-10-17(47)21(51)26(56)36(59-10)69-33-22(52)18(48)11(5-42)63-39(33)67-31-16(41)35(61-12(6-43)19(31)49)68-32-20(50)13(7-44)62-38(28(32)58)66-30-15(9-46)64-37(27(57)24(30)54)65-29-14(8-45)60-34(40(2,3)4)25(55)23(29)53/h10-39,42-58H,5-9,41H2,1-4H3/t10?,11?,12?,13?,14?,15?,16?,17-,18+,19+,20+,21?,22+,23-,24-,25?,26+,27?,28?,29-,30+,31-,32+,33?,34-,35+,36?,37+,38-,39+/m1/s1. The molecule has 0 amide bonds. The molecule has 6 fully saturated rings. The summed E-state index contributed by atoms with van der Waals surface area (Å²) in [6, 6.07) is -1.72. The van der Waals surface area contributed by atoms with Crippen LogP contribution >= 0.6 is 0 Å². The lowest BCUT2D eigenvalue weighted by Crippen LogP contribution is -2.69. The minimum absolute atomic E-state index is 0.705. The molecule has 6 aliphatic rings. The highest BCUT2D eigenvalue weighted by Gasteiger charge is 2.58. The Morgan fingerprint density at radius 1 is 0.348 bits per heavy atom. The van der Waals surface area contributed by atoms with E-state index in [1.807, 2.05) is 0 Å². The summed E-state index contributed by atoms with van der Waals surface area (Å²) in [5, 5.41) is 182. The number of nitrogens with two attached hydrogens (primary N) is 1. The molecule has 0 aromatic rings. The van der Waals surface area contributed by atoms with E-state index in [9.17, 15) is 86.8 Å². The lowest BCUT2D eigenvalue weighted by Gasteiger charge is -2.50. The zero-order valence-electron chi connectivity index (χ0n) is 38.0. The predicted molar refractivity (Wildman–Crippen MR) is 217 cm³/mol. The molecular weight excluding hydrogens is 942 g/mol. The average Bonchev–Trinajstić information content (AvgIpc) is 3.31. The number of ether oxygens (including phenoxy) is 11. The third-order valence-electron chi connectivity index (χ3n) is 13.3. The number of aliphatic hydroxyl groups excluding tert-OH is 17. The second-order valence-electron chi connectivity index (χ2n) is 19.2. The molecule has 69 heavy (non-hydrogen) atoms. The lowest BCUT2D eigenvalue weighted by atomic mass is 9.80. The third kappa shape index (κ3) is 11.7. The smallest absolute Gasteiger partial charge is 0.187 e. The van der Waals surface area contributed by atoms with Crippen LogP contribution in [0.5, 0.6) is 0 Å². The van der Waals surface area contributed by atoms with Gasteiger partial charge in [0.15, 0.2) is 31.5 Å². The van der Waals surface area contributed by atoms with Crippen LogP contribution in [0.3, 0.4) is 0 Å². The van der Waals surface area contributed by atoms with Crippen LogP contribution in [0.1, 0.15) is 27.7 Å². The monoisotopic (exact) mass is 1010 g/mol. The Labute approximate surface area is 394 Å². The SMILES string of the molecule is CC1OC(OC2[C@H](O[C@@H]3C(N)[C@H](O[C@@H]4C(O)[C@@H](O[C@H]5C(CO)O[C@@H](O[C@@H]6C(CO)O[C@@H](C(C)(C)C)C(O)[C@H]6O)C(O)[C@H]5O)OC(CO)[C@@H]4O)OC(CO)[C@@H]3O)OC(CO)[C@H](O)[C@@H]2O)[C@@H](O)C(O)[C@@H]1O. The van der Waals surface area contributed by atoms with Gasteiger partial charge in [0.05, 0.1) is 51.3 Å². The van der Waals surface area contributed by atoms with E-state index < -0.39 is 222 Å². The molecule has 6 heterocycles. The van der Waals surface area contributed by atoms with Gasteiger partial charge in [-0.3, -0.25) is 0 Å². The molecular formula is C40H71NO28. The van der Waals surface area contributed by atoms with E-state index >= 15 is 0 Å². The first-order chi connectivity index (χ1) is 32.4. The Morgan fingerprint density at radius 2 is 0.725 bits per heavy atom. The van der Waals surface area contributed by atoms with Crippen molar-refractivity contribution in [2.24, 2.45) is 11.1 Å². The normalized spacial score (nSPS) is 52.4. The molecule has 404 valence electrons. The maximum atomic E-state index is 11.6. The summed E-state index contributed by atoms with van der Waals surface area (Å²) < 4.78 is 63.3. The van der Waals surface area contributed by atoms with Gasteiger partial charge < -0.3 is 145 Å². The molecule has 0 aliphatic carbocycles. The van der Waals surface area contributed by atoms with Crippen molar-refractivity contribution in [2.45, 2.75) is 212 Å². The highest BCUT2D eigenvalue weighted by Crippen LogP contribution is 2.38. The van der Waals surface area contributed by atoms with Crippen LogP contribution < -0.4 is 5.73 Å². The molecule has 0 saturated carbocycles. The van der Waals surface area contributed by atoms with Crippen molar-refractivity contribution in [2.75, 3.05) is 33.0 Å². The topological polar surface area (TPSA) is 471 Å². The highest BCUT2D eigenvalue weighted by molar-refractivity contribution is 5.02. The Hall–Kier alpha value is -1.16. The highest BCUT2D eigenvalue weighted by atomic mass is 16.8. The quantitative estimate of drug-likeness (QED) is 0.0724. The molecule has 6 rings (SSSR count). The third-order valence-corrected chi connectivity index (χ3v) is 13.3. The largest absolute Gasteiger partial charge is 0.394 e. The Morgan fingerprint density at radius 3 is 1.28 bits per heavy atom. The fourth-order valence-electron chi connectivity index (χ4n) is 9.22. The number of aliphatic hydroxyl groups is 17. The van der Waals surface area contributed by atoms with Gasteiger partial charge in [0.25, 0.3) is 0 Å². The number of hydrogen-bond acceptors (Lipinski definition) is 29. The van der Waals surface area contributed by atoms with Crippen molar-refractivity contribution in [1.29, 1.82) is 0 Å². The van der Waals surface area contributed by atoms with Crippen molar-refractivity contribution in [3.63, 3.8) is 0 Å². The summed E-state index contributed by atoms with van der Waals surface area (Å²) in [7, 11) is 0. The van der Waals surface area contributed by atoms with Crippen molar-refractivity contribution < 1.29 is 139 Å². The minimum Gasteiger partial charge on any atom is -0.394 e. The molecule has 6 saturated heterocycles. The van der Waals surface area contributed by atoms with Gasteiger partial charge in [-0.2, -0.15) is 0 Å². The maximum absolute atomic E-state index is 11.6. The summed E-state index contributed by atoms with van der Waals surface area (Å²) in [6.45, 7) is 2.05. The molecule has 30 atom stereocenters. The Balaban J connectivity index is 1.18. The van der Waals surface area contributed by atoms with E-state index in [0.717, 1.165) is 0 Å². The van der Waals surface area contributed by atoms with Crippen molar-refractivity contribution in [3.05, 3.63) is 0 Å². The minimum atomic E-state index is -2.13. The average molecular weight is 1010 g/mol. The molecule has 29 nitrogen and oxygen atoms in total. The van der Waals surface area contributed by atoms with Crippen LogP contribution in [-0.2, 0) is 52.1 Å². The van der Waals surface area contributed by atoms with Crippen LogP contribution in [0.2, 0.25) is 0 Å². The van der Waals surface area contributed by atoms with E-state index in [1.54, 1.807) is 20.8 Å². The van der Waals surface area contributed by atoms with Gasteiger partial charge in [-0.05, 0) is 12.3 Å². The zero-order valence-corrected chi connectivity index (χ0v) is 38.0. The van der Waals surface area contributed by atoms with Crippen molar-refractivity contribution >= 4 is 0 Å². The second kappa shape index (κ2) is 23.6.